The zero-order valence-electron chi connectivity index (χ0n) is 25.5. The molecule has 1 saturated heterocycles. The number of hydrogen-bond acceptors (Lipinski definition) is 8. The van der Waals surface area contributed by atoms with E-state index in [0.717, 1.165) is 52.7 Å². The molecule has 10 heteroatoms. The number of aryl methyl sites for hydroxylation is 1. The molecule has 1 aliphatic heterocycles. The Bertz CT molecular complexity index is 1690. The highest BCUT2D eigenvalue weighted by atomic mass is 16.6. The van der Waals surface area contributed by atoms with Crippen molar-refractivity contribution in [3.63, 3.8) is 0 Å². The molecule has 0 unspecified atom stereocenters. The maximum Gasteiger partial charge on any atom is 0.419 e. The van der Waals surface area contributed by atoms with Gasteiger partial charge in [-0.05, 0) is 75.9 Å². The molecule has 0 saturated carbocycles. The zero-order chi connectivity index (χ0) is 30.9. The topological polar surface area (TPSA) is 112 Å². The minimum atomic E-state index is -0.625. The van der Waals surface area contributed by atoms with Crippen LogP contribution in [-0.2, 0) is 16.0 Å². The van der Waals surface area contributed by atoms with Crippen LogP contribution in [-0.4, -0.2) is 57.7 Å². The third-order valence-electron chi connectivity index (χ3n) is 7.91. The third-order valence-corrected chi connectivity index (χ3v) is 7.91. The molecule has 0 N–H and O–H groups in total. The van der Waals surface area contributed by atoms with E-state index in [0.29, 0.717) is 17.7 Å². The largest absolute Gasteiger partial charge is 0.496 e. The fourth-order valence-electron chi connectivity index (χ4n) is 5.90. The average Bonchev–Trinajstić information content (AvgIpc) is 3.66. The second-order valence-corrected chi connectivity index (χ2v) is 11.9. The van der Waals surface area contributed by atoms with Gasteiger partial charge in [0.15, 0.2) is 0 Å². The standard InChI is InChI=1S/C33H37N5O5/c1-21-15-29(41-5)27(26-12-14-37(30(21)26)32(40)43-33(2,3)4)20-36-13-11-25(38-19-22(17-34)18-35-38)16-28(36)23-7-9-24(10-8-23)31(39)42-6/h7-10,12,14-15,18-19,25,28H,11,13,16,20H2,1-6H3/t25-,28-/m1/s1. The molecule has 0 radical (unpaired) electrons. The fraction of sp³-hybridized carbons (Fsp3) is 0.394. The van der Waals surface area contributed by atoms with Gasteiger partial charge in [-0.3, -0.25) is 14.1 Å². The molecule has 4 aromatic rings. The SMILES string of the molecule is COC(=O)c1ccc([C@H]2C[C@H](n3cc(C#N)cn3)CCN2Cc2c(OC)cc(C)c3c2ccn3C(=O)OC(C)(C)C)cc1. The molecule has 224 valence electrons. The maximum atomic E-state index is 13.1. The molecule has 0 aliphatic carbocycles. The van der Waals surface area contributed by atoms with Gasteiger partial charge in [0, 0.05) is 42.5 Å². The van der Waals surface area contributed by atoms with Crippen molar-refractivity contribution >= 4 is 23.0 Å². The van der Waals surface area contributed by atoms with Crippen LogP contribution in [0.4, 0.5) is 4.79 Å². The Labute approximate surface area is 251 Å². The fourth-order valence-corrected chi connectivity index (χ4v) is 5.90. The summed E-state index contributed by atoms with van der Waals surface area (Å²) in [7, 11) is 3.03. The van der Waals surface area contributed by atoms with E-state index in [-0.39, 0.29) is 18.1 Å². The molecule has 1 aliphatic rings. The summed E-state index contributed by atoms with van der Waals surface area (Å²) in [5.74, 6) is 0.367. The van der Waals surface area contributed by atoms with Gasteiger partial charge in [0.05, 0.1) is 43.1 Å². The number of benzene rings is 2. The van der Waals surface area contributed by atoms with Crippen molar-refractivity contribution in [3.8, 4) is 11.8 Å². The molecule has 5 rings (SSSR count). The number of nitriles is 1. The van der Waals surface area contributed by atoms with Gasteiger partial charge in [-0.25, -0.2) is 9.59 Å². The lowest BCUT2D eigenvalue weighted by Gasteiger charge is -2.40. The first-order valence-electron chi connectivity index (χ1n) is 14.3. The zero-order valence-corrected chi connectivity index (χ0v) is 25.5. The number of carbonyl (C=O) groups is 2. The molecule has 0 amide bonds. The molecule has 1 fully saturated rings. The number of hydrogen-bond donors (Lipinski definition) is 0. The van der Waals surface area contributed by atoms with E-state index in [9.17, 15) is 14.9 Å². The Morgan fingerprint density at radius 2 is 1.88 bits per heavy atom. The Kier molecular flexibility index (Phi) is 8.29. The first-order chi connectivity index (χ1) is 20.5. The molecule has 0 bridgehead atoms. The molecule has 0 spiro atoms. The van der Waals surface area contributed by atoms with Gasteiger partial charge >= 0.3 is 12.1 Å². The number of likely N-dealkylation sites (tertiary alicyclic amines) is 1. The van der Waals surface area contributed by atoms with Gasteiger partial charge in [0.1, 0.15) is 17.4 Å². The number of piperidine rings is 1. The van der Waals surface area contributed by atoms with Gasteiger partial charge in [-0.15, -0.1) is 0 Å². The van der Waals surface area contributed by atoms with Gasteiger partial charge in [-0.2, -0.15) is 10.4 Å². The number of rotatable bonds is 6. The number of esters is 1. The number of carbonyl (C=O) groups excluding carboxylic acids is 2. The molecule has 2 aromatic heterocycles. The minimum Gasteiger partial charge on any atom is -0.496 e. The van der Waals surface area contributed by atoms with E-state index >= 15 is 0 Å². The molecule has 2 atom stereocenters. The van der Waals surface area contributed by atoms with E-state index in [4.69, 9.17) is 14.2 Å². The van der Waals surface area contributed by atoms with E-state index in [1.165, 1.54) is 7.11 Å². The van der Waals surface area contributed by atoms with Crippen LogP contribution >= 0.6 is 0 Å². The molecular formula is C33H37N5O5. The predicted molar refractivity (Wildman–Crippen MR) is 161 cm³/mol. The maximum absolute atomic E-state index is 13.1. The quantitative estimate of drug-likeness (QED) is 0.248. The molecule has 43 heavy (non-hydrogen) atoms. The van der Waals surface area contributed by atoms with Crippen LogP contribution in [0.3, 0.4) is 0 Å². The van der Waals surface area contributed by atoms with Crippen molar-refractivity contribution in [2.24, 2.45) is 0 Å². The highest BCUT2D eigenvalue weighted by molar-refractivity contribution is 5.95. The number of ether oxygens (including phenoxy) is 3. The van der Waals surface area contributed by atoms with Gasteiger partial charge < -0.3 is 14.2 Å². The summed E-state index contributed by atoms with van der Waals surface area (Å²) in [4.78, 5) is 27.6. The number of aromatic nitrogens is 3. The summed E-state index contributed by atoms with van der Waals surface area (Å²) in [5, 5.41) is 14.7. The van der Waals surface area contributed by atoms with Crippen molar-refractivity contribution in [3.05, 3.63) is 82.8 Å². The molecule has 3 heterocycles. The van der Waals surface area contributed by atoms with Crippen molar-refractivity contribution in [1.82, 2.24) is 19.2 Å². The smallest absolute Gasteiger partial charge is 0.419 e. The van der Waals surface area contributed by atoms with Crippen LogP contribution in [0.5, 0.6) is 5.75 Å². The van der Waals surface area contributed by atoms with E-state index in [1.807, 2.05) is 56.6 Å². The van der Waals surface area contributed by atoms with E-state index in [1.54, 1.807) is 42.4 Å². The lowest BCUT2D eigenvalue weighted by molar-refractivity contribution is 0.0542. The number of fused-ring (bicyclic) bond motifs is 1. The highest BCUT2D eigenvalue weighted by Gasteiger charge is 2.33. The predicted octanol–water partition coefficient (Wildman–Crippen LogP) is 6.17. The van der Waals surface area contributed by atoms with Crippen LogP contribution in [0.2, 0.25) is 0 Å². The van der Waals surface area contributed by atoms with Crippen LogP contribution in [0.1, 0.15) is 78.3 Å². The number of methoxy groups -OCH3 is 2. The Hall–Kier alpha value is -4.62. The van der Waals surface area contributed by atoms with Gasteiger partial charge in [0.2, 0.25) is 0 Å². The Balaban J connectivity index is 1.53. The summed E-state index contributed by atoms with van der Waals surface area (Å²) >= 11 is 0. The second kappa shape index (κ2) is 11.9. The third kappa shape index (κ3) is 6.13. The summed E-state index contributed by atoms with van der Waals surface area (Å²) < 4.78 is 19.9. The summed E-state index contributed by atoms with van der Waals surface area (Å²) in [5.41, 5.74) is 4.13. The lowest BCUT2D eigenvalue weighted by atomic mass is 9.90. The Morgan fingerprint density at radius 1 is 1.14 bits per heavy atom. The average molecular weight is 584 g/mol. The molecule has 2 aromatic carbocycles. The first kappa shape index (κ1) is 29.9. The normalized spacial score (nSPS) is 17.4. The lowest BCUT2D eigenvalue weighted by Crippen LogP contribution is -2.37. The summed E-state index contributed by atoms with van der Waals surface area (Å²) in [6.07, 6.45) is 6.30. The van der Waals surface area contributed by atoms with Crippen molar-refractivity contribution in [2.75, 3.05) is 20.8 Å². The van der Waals surface area contributed by atoms with E-state index in [2.05, 4.69) is 16.1 Å². The van der Waals surface area contributed by atoms with E-state index < -0.39 is 11.7 Å². The van der Waals surface area contributed by atoms with Crippen LogP contribution in [0.25, 0.3) is 10.9 Å². The van der Waals surface area contributed by atoms with Crippen molar-refractivity contribution in [1.29, 1.82) is 5.26 Å². The van der Waals surface area contributed by atoms with Gasteiger partial charge in [-0.1, -0.05) is 12.1 Å². The van der Waals surface area contributed by atoms with Crippen molar-refractivity contribution < 1.29 is 23.8 Å². The minimum absolute atomic E-state index is 0.0193. The monoisotopic (exact) mass is 583 g/mol. The van der Waals surface area contributed by atoms with Crippen LogP contribution in [0.15, 0.2) is 55.0 Å². The van der Waals surface area contributed by atoms with Crippen molar-refractivity contribution in [2.45, 2.75) is 64.8 Å². The summed E-state index contributed by atoms with van der Waals surface area (Å²) in [6.45, 7) is 8.83. The molecule has 10 nitrogen and oxygen atoms in total. The van der Waals surface area contributed by atoms with Gasteiger partial charge in [0.25, 0.3) is 0 Å². The highest BCUT2D eigenvalue weighted by Crippen LogP contribution is 2.40. The first-order valence-corrected chi connectivity index (χ1v) is 14.3. The Morgan fingerprint density at radius 3 is 2.51 bits per heavy atom. The van der Waals surface area contributed by atoms with Crippen LogP contribution < -0.4 is 4.74 Å². The second-order valence-electron chi connectivity index (χ2n) is 11.9. The summed E-state index contributed by atoms with van der Waals surface area (Å²) in [6, 6.07) is 13.7. The molecular weight excluding hydrogens is 546 g/mol. The van der Waals surface area contributed by atoms with Crippen LogP contribution in [0, 0.1) is 18.3 Å². The number of nitrogens with zero attached hydrogens (tertiary/aromatic N) is 5.